The number of carbonyl (C=O) groups is 1. The van der Waals surface area contributed by atoms with E-state index in [9.17, 15) is 4.79 Å². The molecule has 0 saturated carbocycles. The normalized spacial score (nSPS) is 14.9. The molecule has 1 aromatic rings. The van der Waals surface area contributed by atoms with Crippen LogP contribution in [0.4, 0.5) is 0 Å². The summed E-state index contributed by atoms with van der Waals surface area (Å²) in [6, 6.07) is 0. The van der Waals surface area contributed by atoms with E-state index in [0.717, 1.165) is 3.57 Å². The van der Waals surface area contributed by atoms with Gasteiger partial charge in [-0.2, -0.15) is 5.10 Å². The maximum Gasteiger partial charge on any atom is 0.325 e. The van der Waals surface area contributed by atoms with Crippen LogP contribution in [0, 0.1) is 3.57 Å². The van der Waals surface area contributed by atoms with Crippen molar-refractivity contribution in [2.45, 2.75) is 25.9 Å². The van der Waals surface area contributed by atoms with Crippen LogP contribution in [-0.4, -0.2) is 32.9 Å². The summed E-state index contributed by atoms with van der Waals surface area (Å²) in [6.45, 7) is 4.47. The molecule has 6 heteroatoms. The molecule has 1 rings (SSSR count). The van der Waals surface area contributed by atoms with Gasteiger partial charge >= 0.3 is 5.97 Å². The number of nitrogens with one attached hydrogen (secondary N) is 1. The largest absolute Gasteiger partial charge is 0.480 e. The fraction of sp³-hybridized carbons (Fsp3) is 0.556. The Morgan fingerprint density at radius 2 is 2.47 bits per heavy atom. The highest BCUT2D eigenvalue weighted by atomic mass is 127. The Labute approximate surface area is 102 Å². The molecule has 0 fully saturated rings. The first kappa shape index (κ1) is 12.4. The maximum atomic E-state index is 11.1. The highest BCUT2D eigenvalue weighted by Gasteiger charge is 2.32. The Hall–Kier alpha value is -0.630. The van der Waals surface area contributed by atoms with Crippen LogP contribution >= 0.6 is 22.6 Å². The summed E-state index contributed by atoms with van der Waals surface area (Å²) in [5, 5.41) is 16.2. The lowest BCUT2D eigenvalue weighted by Crippen LogP contribution is -2.52. The van der Waals surface area contributed by atoms with Gasteiger partial charge in [0.05, 0.1) is 16.3 Å². The van der Waals surface area contributed by atoms with Crippen molar-refractivity contribution in [2.24, 2.45) is 0 Å². The monoisotopic (exact) mass is 323 g/mol. The fourth-order valence-corrected chi connectivity index (χ4v) is 1.78. The molecule has 5 nitrogen and oxygen atoms in total. The van der Waals surface area contributed by atoms with Gasteiger partial charge in [0.15, 0.2) is 0 Å². The van der Waals surface area contributed by atoms with E-state index in [1.165, 1.54) is 0 Å². The third-order valence-electron chi connectivity index (χ3n) is 2.12. The fourth-order valence-electron chi connectivity index (χ4n) is 1.34. The van der Waals surface area contributed by atoms with Crippen LogP contribution in [0.15, 0.2) is 12.4 Å². The zero-order valence-corrected chi connectivity index (χ0v) is 10.9. The number of hydrogen-bond acceptors (Lipinski definition) is 3. The molecule has 0 aliphatic heterocycles. The van der Waals surface area contributed by atoms with Gasteiger partial charge in [-0.05, 0) is 36.1 Å². The highest BCUT2D eigenvalue weighted by molar-refractivity contribution is 14.1. The van der Waals surface area contributed by atoms with Crippen molar-refractivity contribution in [3.63, 3.8) is 0 Å². The van der Waals surface area contributed by atoms with Gasteiger partial charge in [-0.1, -0.05) is 6.92 Å². The van der Waals surface area contributed by atoms with E-state index in [0.29, 0.717) is 13.1 Å². The molecule has 84 valence electrons. The van der Waals surface area contributed by atoms with Crippen LogP contribution in [0.5, 0.6) is 0 Å². The second kappa shape index (κ2) is 4.93. The van der Waals surface area contributed by atoms with Crippen LogP contribution < -0.4 is 5.32 Å². The molecular weight excluding hydrogens is 309 g/mol. The Balaban J connectivity index is 2.79. The van der Waals surface area contributed by atoms with Crippen molar-refractivity contribution in [3.8, 4) is 0 Å². The van der Waals surface area contributed by atoms with Gasteiger partial charge in [-0.3, -0.25) is 9.48 Å². The lowest BCUT2D eigenvalue weighted by Gasteiger charge is -2.25. The van der Waals surface area contributed by atoms with Gasteiger partial charge in [0.2, 0.25) is 0 Å². The molecule has 1 unspecified atom stereocenters. The third-order valence-corrected chi connectivity index (χ3v) is 2.68. The van der Waals surface area contributed by atoms with Crippen LogP contribution in [0.3, 0.4) is 0 Å². The number of likely N-dealkylation sites (N-methyl/N-ethyl adjacent to an activating group) is 1. The summed E-state index contributed by atoms with van der Waals surface area (Å²) in [6.07, 6.45) is 3.52. The van der Waals surface area contributed by atoms with E-state index in [4.69, 9.17) is 5.11 Å². The van der Waals surface area contributed by atoms with Gasteiger partial charge in [-0.15, -0.1) is 0 Å². The predicted octanol–water partition coefficient (Wildman–Crippen LogP) is 0.940. The van der Waals surface area contributed by atoms with Gasteiger partial charge in [0.1, 0.15) is 5.54 Å². The molecule has 0 spiro atoms. The standard InChI is InChI=1S/C9H14IN3O2/c1-3-11-9(2,8(14)15)6-13-5-7(10)4-12-13/h4-5,11H,3,6H2,1-2H3,(H,14,15). The van der Waals surface area contributed by atoms with Crippen molar-refractivity contribution < 1.29 is 9.90 Å². The summed E-state index contributed by atoms with van der Waals surface area (Å²) in [7, 11) is 0. The lowest BCUT2D eigenvalue weighted by atomic mass is 10.0. The molecule has 0 aromatic carbocycles. The molecule has 0 saturated heterocycles. The average Bonchev–Trinajstić information content (AvgIpc) is 2.51. The number of aromatic nitrogens is 2. The minimum atomic E-state index is -0.968. The van der Waals surface area contributed by atoms with Crippen molar-refractivity contribution >= 4 is 28.6 Å². The average molecular weight is 323 g/mol. The van der Waals surface area contributed by atoms with Gasteiger partial charge in [0.25, 0.3) is 0 Å². The minimum Gasteiger partial charge on any atom is -0.480 e. The minimum absolute atomic E-state index is 0.319. The first-order chi connectivity index (χ1) is 6.98. The molecule has 15 heavy (non-hydrogen) atoms. The summed E-state index contributed by atoms with van der Waals surface area (Å²) in [4.78, 5) is 11.1. The first-order valence-corrected chi connectivity index (χ1v) is 5.72. The molecule has 1 aromatic heterocycles. The van der Waals surface area contributed by atoms with Crippen molar-refractivity contribution in [2.75, 3.05) is 6.54 Å². The topological polar surface area (TPSA) is 67.2 Å². The Morgan fingerprint density at radius 3 is 2.87 bits per heavy atom. The van der Waals surface area contributed by atoms with Crippen LogP contribution in [0.2, 0.25) is 0 Å². The van der Waals surface area contributed by atoms with Crippen molar-refractivity contribution in [1.82, 2.24) is 15.1 Å². The van der Waals surface area contributed by atoms with Crippen molar-refractivity contribution in [3.05, 3.63) is 16.0 Å². The Bertz CT molecular complexity index is 353. The Kier molecular flexibility index (Phi) is 4.09. The van der Waals surface area contributed by atoms with E-state index >= 15 is 0 Å². The van der Waals surface area contributed by atoms with E-state index in [-0.39, 0.29) is 0 Å². The number of nitrogens with zero attached hydrogens (tertiary/aromatic N) is 2. The number of carboxylic acids is 1. The SMILES string of the molecule is CCNC(C)(Cn1cc(I)cn1)C(=O)O. The first-order valence-electron chi connectivity index (χ1n) is 4.64. The van der Waals surface area contributed by atoms with Crippen molar-refractivity contribution in [1.29, 1.82) is 0 Å². The van der Waals surface area contributed by atoms with Gasteiger partial charge < -0.3 is 10.4 Å². The molecule has 1 atom stereocenters. The summed E-state index contributed by atoms with van der Waals surface area (Å²) in [5.41, 5.74) is -0.968. The van der Waals surface area contributed by atoms with Gasteiger partial charge in [-0.25, -0.2) is 0 Å². The second-order valence-electron chi connectivity index (χ2n) is 3.52. The number of halogens is 1. The van der Waals surface area contributed by atoms with E-state index < -0.39 is 11.5 Å². The summed E-state index contributed by atoms with van der Waals surface area (Å²) in [5.74, 6) is -0.866. The second-order valence-corrected chi connectivity index (χ2v) is 4.77. The smallest absolute Gasteiger partial charge is 0.325 e. The number of hydrogen-bond donors (Lipinski definition) is 2. The summed E-state index contributed by atoms with van der Waals surface area (Å²) >= 11 is 2.14. The lowest BCUT2D eigenvalue weighted by molar-refractivity contribution is -0.144. The number of aliphatic carboxylic acids is 1. The maximum absolute atomic E-state index is 11.1. The third kappa shape index (κ3) is 3.16. The molecule has 1 heterocycles. The van der Waals surface area contributed by atoms with E-state index in [2.05, 4.69) is 33.0 Å². The van der Waals surface area contributed by atoms with Crippen LogP contribution in [0.25, 0.3) is 0 Å². The summed E-state index contributed by atoms with van der Waals surface area (Å²) < 4.78 is 2.63. The van der Waals surface area contributed by atoms with E-state index in [1.54, 1.807) is 17.8 Å². The molecule has 0 aliphatic rings. The Morgan fingerprint density at radius 1 is 1.80 bits per heavy atom. The van der Waals surface area contributed by atoms with Crippen LogP contribution in [-0.2, 0) is 11.3 Å². The van der Waals surface area contributed by atoms with E-state index in [1.807, 2.05) is 13.1 Å². The quantitative estimate of drug-likeness (QED) is 0.792. The zero-order valence-electron chi connectivity index (χ0n) is 8.70. The highest BCUT2D eigenvalue weighted by Crippen LogP contribution is 2.09. The molecule has 0 aliphatic carbocycles. The van der Waals surface area contributed by atoms with Crippen LogP contribution in [0.1, 0.15) is 13.8 Å². The zero-order chi connectivity index (χ0) is 11.5. The number of carboxylic acid groups (broad SMARTS) is 1. The molecule has 2 N–H and O–H groups in total. The molecular formula is C9H14IN3O2. The number of rotatable bonds is 5. The molecule has 0 amide bonds. The molecule has 0 radical (unpaired) electrons. The van der Waals surface area contributed by atoms with Gasteiger partial charge in [0, 0.05) is 6.20 Å². The predicted molar refractivity (Wildman–Crippen MR) is 64.7 cm³/mol. The molecule has 0 bridgehead atoms.